The summed E-state index contributed by atoms with van der Waals surface area (Å²) < 4.78 is 4.73. The summed E-state index contributed by atoms with van der Waals surface area (Å²) >= 11 is 6.08. The number of piperidine rings is 1. The number of hydrogen-bond donors (Lipinski definition) is 2. The zero-order chi connectivity index (χ0) is 16.1. The van der Waals surface area contributed by atoms with Crippen LogP contribution in [-0.4, -0.2) is 24.3 Å². The van der Waals surface area contributed by atoms with Gasteiger partial charge in [0.05, 0.1) is 17.9 Å². The number of nitrogens with zero attached hydrogens (tertiary/aromatic N) is 2. The van der Waals surface area contributed by atoms with Crippen molar-refractivity contribution in [1.82, 2.24) is 10.5 Å². The van der Waals surface area contributed by atoms with Gasteiger partial charge in [-0.15, -0.1) is 0 Å². The molecule has 0 bridgehead atoms. The van der Waals surface area contributed by atoms with Crippen molar-refractivity contribution in [2.75, 3.05) is 23.3 Å². The molecule has 2 amide bonds. The summed E-state index contributed by atoms with van der Waals surface area (Å²) in [6, 6.07) is 7.00. The Labute approximate surface area is 139 Å². The zero-order valence-electron chi connectivity index (χ0n) is 12.7. The molecule has 6 nitrogen and oxygen atoms in total. The van der Waals surface area contributed by atoms with Crippen molar-refractivity contribution >= 4 is 29.0 Å². The molecule has 0 saturated carbocycles. The molecule has 0 atom stereocenters. The lowest BCUT2D eigenvalue weighted by molar-refractivity contribution is 0.251. The lowest BCUT2D eigenvalue weighted by atomic mass is 10.1. The third kappa shape index (κ3) is 4.16. The Kier molecular flexibility index (Phi) is 5.02. The molecule has 1 aromatic heterocycles. The Morgan fingerprint density at radius 2 is 2.09 bits per heavy atom. The minimum absolute atomic E-state index is 0.298. The van der Waals surface area contributed by atoms with E-state index in [0.717, 1.165) is 24.5 Å². The van der Waals surface area contributed by atoms with E-state index in [0.29, 0.717) is 17.3 Å². The second kappa shape index (κ2) is 7.37. The van der Waals surface area contributed by atoms with Crippen molar-refractivity contribution < 1.29 is 9.32 Å². The number of amides is 2. The van der Waals surface area contributed by atoms with Crippen LogP contribution in [0.1, 0.15) is 25.0 Å². The van der Waals surface area contributed by atoms with Crippen LogP contribution in [0.4, 0.5) is 16.2 Å². The summed E-state index contributed by atoms with van der Waals surface area (Å²) in [7, 11) is 0. The van der Waals surface area contributed by atoms with E-state index in [1.165, 1.54) is 25.5 Å². The molecule has 0 unspecified atom stereocenters. The smallest absolute Gasteiger partial charge is 0.319 e. The van der Waals surface area contributed by atoms with E-state index in [-0.39, 0.29) is 6.03 Å². The molecule has 1 saturated heterocycles. The van der Waals surface area contributed by atoms with E-state index in [1.807, 2.05) is 12.1 Å². The maximum Gasteiger partial charge on any atom is 0.319 e. The van der Waals surface area contributed by atoms with E-state index in [2.05, 4.69) is 20.7 Å². The summed E-state index contributed by atoms with van der Waals surface area (Å²) in [4.78, 5) is 14.4. The average Bonchev–Trinajstić information content (AvgIpc) is 3.07. The van der Waals surface area contributed by atoms with E-state index in [4.69, 9.17) is 16.1 Å². The van der Waals surface area contributed by atoms with Crippen molar-refractivity contribution in [2.24, 2.45) is 0 Å². The van der Waals surface area contributed by atoms with Gasteiger partial charge in [0.1, 0.15) is 12.0 Å². The van der Waals surface area contributed by atoms with Gasteiger partial charge in [-0.25, -0.2) is 4.79 Å². The van der Waals surface area contributed by atoms with Crippen molar-refractivity contribution in [3.05, 3.63) is 41.2 Å². The lowest BCUT2D eigenvalue weighted by Gasteiger charge is -2.30. The van der Waals surface area contributed by atoms with Crippen LogP contribution in [0.25, 0.3) is 0 Å². The number of hydrogen-bond acceptors (Lipinski definition) is 4. The van der Waals surface area contributed by atoms with Crippen molar-refractivity contribution in [2.45, 2.75) is 25.8 Å². The van der Waals surface area contributed by atoms with E-state index in [1.54, 1.807) is 12.1 Å². The largest absolute Gasteiger partial charge is 0.370 e. The quantitative estimate of drug-likeness (QED) is 0.895. The lowest BCUT2D eigenvalue weighted by Crippen LogP contribution is -2.32. The third-order valence-corrected chi connectivity index (χ3v) is 4.06. The fourth-order valence-corrected chi connectivity index (χ4v) is 2.86. The topological polar surface area (TPSA) is 70.4 Å². The predicted molar refractivity (Wildman–Crippen MR) is 89.9 cm³/mol. The summed E-state index contributed by atoms with van der Waals surface area (Å²) in [6.07, 6.45) is 5.06. The van der Waals surface area contributed by atoms with Crippen molar-refractivity contribution in [1.29, 1.82) is 0 Å². The summed E-state index contributed by atoms with van der Waals surface area (Å²) in [5.74, 6) is 0. The Hall–Kier alpha value is -2.21. The molecule has 122 valence electrons. The van der Waals surface area contributed by atoms with Crippen molar-refractivity contribution in [3.63, 3.8) is 0 Å². The van der Waals surface area contributed by atoms with Crippen LogP contribution in [0.15, 0.2) is 35.1 Å². The highest BCUT2D eigenvalue weighted by Crippen LogP contribution is 2.31. The van der Waals surface area contributed by atoms with Crippen LogP contribution in [0.5, 0.6) is 0 Å². The first-order valence-corrected chi connectivity index (χ1v) is 8.09. The fraction of sp³-hybridized carbons (Fsp3) is 0.375. The maximum atomic E-state index is 12.1. The number of anilines is 2. The Balaban J connectivity index is 1.67. The van der Waals surface area contributed by atoms with Gasteiger partial charge in [-0.1, -0.05) is 16.8 Å². The van der Waals surface area contributed by atoms with Gasteiger partial charge >= 0.3 is 6.03 Å². The Morgan fingerprint density at radius 1 is 1.26 bits per heavy atom. The minimum atomic E-state index is -0.298. The van der Waals surface area contributed by atoms with E-state index >= 15 is 0 Å². The second-order valence-corrected chi connectivity index (χ2v) is 5.94. The van der Waals surface area contributed by atoms with Crippen LogP contribution in [0.2, 0.25) is 5.02 Å². The van der Waals surface area contributed by atoms with Gasteiger partial charge in [-0.2, -0.15) is 0 Å². The number of halogens is 1. The predicted octanol–water partition coefficient (Wildman–Crippen LogP) is 3.64. The number of carbonyl (C=O) groups is 1. The van der Waals surface area contributed by atoms with Crippen LogP contribution in [-0.2, 0) is 6.54 Å². The standard InChI is InChI=1S/C16H19ClN4O2/c17-12-4-5-15(21-7-2-1-3-8-21)14(10-12)19-16(22)18-11-13-6-9-23-20-13/h4-6,9-10H,1-3,7-8,11H2,(H2,18,19,22). The van der Waals surface area contributed by atoms with Gasteiger partial charge in [0, 0.05) is 24.2 Å². The molecule has 1 aliphatic rings. The Morgan fingerprint density at radius 3 is 2.83 bits per heavy atom. The SMILES string of the molecule is O=C(NCc1ccon1)Nc1cc(Cl)ccc1N1CCCCC1. The number of carbonyl (C=O) groups excluding carboxylic acids is 1. The van der Waals surface area contributed by atoms with Gasteiger partial charge in [0.2, 0.25) is 0 Å². The van der Waals surface area contributed by atoms with Crippen LogP contribution in [0.3, 0.4) is 0 Å². The van der Waals surface area contributed by atoms with Crippen LogP contribution < -0.4 is 15.5 Å². The molecule has 2 N–H and O–H groups in total. The number of urea groups is 1. The Bertz CT molecular complexity index is 654. The number of nitrogens with one attached hydrogen (secondary N) is 2. The molecule has 1 aliphatic heterocycles. The zero-order valence-corrected chi connectivity index (χ0v) is 13.5. The first-order valence-electron chi connectivity index (χ1n) is 7.71. The first-order chi connectivity index (χ1) is 11.2. The van der Waals surface area contributed by atoms with Crippen molar-refractivity contribution in [3.8, 4) is 0 Å². The van der Waals surface area contributed by atoms with Gasteiger partial charge in [-0.05, 0) is 37.5 Å². The molecule has 23 heavy (non-hydrogen) atoms. The fourth-order valence-electron chi connectivity index (χ4n) is 2.69. The molecule has 0 radical (unpaired) electrons. The summed E-state index contributed by atoms with van der Waals surface area (Å²) in [5.41, 5.74) is 2.39. The first kappa shape index (κ1) is 15.7. The molecule has 0 spiro atoms. The van der Waals surface area contributed by atoms with Gasteiger partial charge in [0.25, 0.3) is 0 Å². The van der Waals surface area contributed by atoms with E-state index < -0.39 is 0 Å². The highest BCUT2D eigenvalue weighted by Gasteiger charge is 2.16. The molecule has 0 aliphatic carbocycles. The van der Waals surface area contributed by atoms with E-state index in [9.17, 15) is 4.79 Å². The van der Waals surface area contributed by atoms with Crippen LogP contribution >= 0.6 is 11.6 Å². The third-order valence-electron chi connectivity index (χ3n) is 3.82. The van der Waals surface area contributed by atoms with Gasteiger partial charge in [0.15, 0.2) is 0 Å². The maximum absolute atomic E-state index is 12.1. The molecule has 2 heterocycles. The number of rotatable bonds is 4. The molecule has 2 aromatic rings. The number of aromatic nitrogens is 1. The molecular formula is C16H19ClN4O2. The highest BCUT2D eigenvalue weighted by atomic mass is 35.5. The summed E-state index contributed by atoms with van der Waals surface area (Å²) in [6.45, 7) is 2.30. The second-order valence-electron chi connectivity index (χ2n) is 5.51. The molecule has 1 aromatic carbocycles. The molecular weight excluding hydrogens is 316 g/mol. The monoisotopic (exact) mass is 334 g/mol. The minimum Gasteiger partial charge on any atom is -0.370 e. The number of benzene rings is 1. The van der Waals surface area contributed by atoms with Gasteiger partial charge < -0.3 is 20.1 Å². The normalized spacial score (nSPS) is 14.6. The highest BCUT2D eigenvalue weighted by molar-refractivity contribution is 6.31. The van der Waals surface area contributed by atoms with Crippen LogP contribution in [0, 0.1) is 0 Å². The molecule has 7 heteroatoms. The molecule has 1 fully saturated rings. The summed E-state index contributed by atoms with van der Waals surface area (Å²) in [5, 5.41) is 9.97. The molecule has 3 rings (SSSR count). The average molecular weight is 335 g/mol. The van der Waals surface area contributed by atoms with Gasteiger partial charge in [-0.3, -0.25) is 0 Å².